The molecular weight excluding hydrogens is 283 g/mol. The molecule has 2 rings (SSSR count). The highest BCUT2D eigenvalue weighted by Gasteiger charge is 2.00. The quantitative estimate of drug-likeness (QED) is 0.936. The van der Waals surface area contributed by atoms with Gasteiger partial charge in [0.15, 0.2) is 0 Å². The molecule has 0 aliphatic heterocycles. The standard InChI is InChI=1S/C13H12BrFN2/c14-12-5-4-10(7-13(12)15)8-16-9-11-3-1-2-6-17-11/h1-7,16H,8-9H2. The van der Waals surface area contributed by atoms with Crippen LogP contribution in [0.5, 0.6) is 0 Å². The van der Waals surface area contributed by atoms with Crippen molar-refractivity contribution in [1.82, 2.24) is 10.3 Å². The van der Waals surface area contributed by atoms with Crippen molar-refractivity contribution >= 4 is 15.9 Å². The van der Waals surface area contributed by atoms with Gasteiger partial charge in [-0.25, -0.2) is 4.39 Å². The number of nitrogens with one attached hydrogen (secondary N) is 1. The average Bonchev–Trinajstić information content (AvgIpc) is 2.35. The molecule has 0 saturated heterocycles. The highest BCUT2D eigenvalue weighted by molar-refractivity contribution is 9.10. The number of hydrogen-bond donors (Lipinski definition) is 1. The Hall–Kier alpha value is -1.26. The molecule has 0 spiro atoms. The van der Waals surface area contributed by atoms with Gasteiger partial charge in [0, 0.05) is 19.3 Å². The van der Waals surface area contributed by atoms with E-state index in [4.69, 9.17) is 0 Å². The molecule has 0 radical (unpaired) electrons. The van der Waals surface area contributed by atoms with Crippen molar-refractivity contribution in [2.75, 3.05) is 0 Å². The van der Waals surface area contributed by atoms with Crippen LogP contribution in [-0.4, -0.2) is 4.98 Å². The molecule has 2 nitrogen and oxygen atoms in total. The molecule has 1 aromatic heterocycles. The van der Waals surface area contributed by atoms with E-state index >= 15 is 0 Å². The highest BCUT2D eigenvalue weighted by Crippen LogP contribution is 2.16. The molecule has 0 saturated carbocycles. The summed E-state index contributed by atoms with van der Waals surface area (Å²) in [6.45, 7) is 1.30. The molecule has 0 amide bonds. The van der Waals surface area contributed by atoms with Crippen LogP contribution < -0.4 is 5.32 Å². The van der Waals surface area contributed by atoms with Gasteiger partial charge >= 0.3 is 0 Å². The van der Waals surface area contributed by atoms with Gasteiger partial charge in [-0.05, 0) is 45.8 Å². The zero-order chi connectivity index (χ0) is 12.1. The fourth-order valence-corrected chi connectivity index (χ4v) is 1.73. The second-order valence-electron chi connectivity index (χ2n) is 3.67. The Morgan fingerprint density at radius 3 is 2.76 bits per heavy atom. The molecule has 0 aliphatic rings. The molecular formula is C13H12BrFN2. The van der Waals surface area contributed by atoms with Crippen LogP contribution in [0.1, 0.15) is 11.3 Å². The van der Waals surface area contributed by atoms with Gasteiger partial charge in [-0.3, -0.25) is 4.98 Å². The zero-order valence-electron chi connectivity index (χ0n) is 9.16. The van der Waals surface area contributed by atoms with Gasteiger partial charge < -0.3 is 5.32 Å². The van der Waals surface area contributed by atoms with E-state index in [1.54, 1.807) is 12.3 Å². The van der Waals surface area contributed by atoms with Crippen LogP contribution in [0.15, 0.2) is 47.1 Å². The van der Waals surface area contributed by atoms with Gasteiger partial charge in [0.05, 0.1) is 10.2 Å². The maximum Gasteiger partial charge on any atom is 0.137 e. The van der Waals surface area contributed by atoms with E-state index in [1.165, 1.54) is 6.07 Å². The van der Waals surface area contributed by atoms with Gasteiger partial charge in [0.2, 0.25) is 0 Å². The van der Waals surface area contributed by atoms with Crippen LogP contribution in [0.4, 0.5) is 4.39 Å². The van der Waals surface area contributed by atoms with Crippen LogP contribution in [0, 0.1) is 5.82 Å². The van der Waals surface area contributed by atoms with Crippen molar-refractivity contribution in [2.45, 2.75) is 13.1 Å². The Morgan fingerprint density at radius 2 is 2.06 bits per heavy atom. The van der Waals surface area contributed by atoms with Crippen LogP contribution in [-0.2, 0) is 13.1 Å². The summed E-state index contributed by atoms with van der Waals surface area (Å²) < 4.78 is 13.7. The molecule has 4 heteroatoms. The molecule has 2 aromatic rings. The molecule has 1 aromatic carbocycles. The molecule has 1 heterocycles. The minimum absolute atomic E-state index is 0.234. The number of pyridine rings is 1. The Morgan fingerprint density at radius 1 is 1.18 bits per heavy atom. The predicted octanol–water partition coefficient (Wildman–Crippen LogP) is 3.27. The fraction of sp³-hybridized carbons (Fsp3) is 0.154. The van der Waals surface area contributed by atoms with Crippen LogP contribution in [0.2, 0.25) is 0 Å². The topological polar surface area (TPSA) is 24.9 Å². The van der Waals surface area contributed by atoms with Crippen LogP contribution >= 0.6 is 15.9 Å². The largest absolute Gasteiger partial charge is 0.307 e. The SMILES string of the molecule is Fc1cc(CNCc2ccccn2)ccc1Br. The Labute approximate surface area is 108 Å². The van der Waals surface area contributed by atoms with Crippen molar-refractivity contribution in [2.24, 2.45) is 0 Å². The van der Waals surface area contributed by atoms with Gasteiger partial charge in [0.1, 0.15) is 5.82 Å². The van der Waals surface area contributed by atoms with Gasteiger partial charge in [-0.1, -0.05) is 12.1 Å². The minimum atomic E-state index is -0.234. The van der Waals surface area contributed by atoms with E-state index in [0.29, 0.717) is 17.6 Å². The predicted molar refractivity (Wildman–Crippen MR) is 68.9 cm³/mol. The third-order valence-corrected chi connectivity index (χ3v) is 2.99. The lowest BCUT2D eigenvalue weighted by Crippen LogP contribution is -2.13. The second-order valence-corrected chi connectivity index (χ2v) is 4.53. The number of nitrogens with zero attached hydrogens (tertiary/aromatic N) is 1. The van der Waals surface area contributed by atoms with Crippen molar-refractivity contribution in [3.8, 4) is 0 Å². The Kier molecular flexibility index (Phi) is 4.23. The number of benzene rings is 1. The smallest absolute Gasteiger partial charge is 0.137 e. The van der Waals surface area contributed by atoms with Crippen LogP contribution in [0.3, 0.4) is 0 Å². The first-order valence-electron chi connectivity index (χ1n) is 5.30. The fourth-order valence-electron chi connectivity index (χ4n) is 1.49. The van der Waals surface area contributed by atoms with Crippen molar-refractivity contribution in [3.05, 3.63) is 64.1 Å². The summed E-state index contributed by atoms with van der Waals surface area (Å²) in [6.07, 6.45) is 1.76. The summed E-state index contributed by atoms with van der Waals surface area (Å²) >= 11 is 3.13. The van der Waals surface area contributed by atoms with E-state index in [2.05, 4.69) is 26.2 Å². The van der Waals surface area contributed by atoms with E-state index in [0.717, 1.165) is 11.3 Å². The number of aromatic nitrogens is 1. The van der Waals surface area contributed by atoms with Gasteiger partial charge in [0.25, 0.3) is 0 Å². The average molecular weight is 295 g/mol. The Balaban J connectivity index is 1.88. The van der Waals surface area contributed by atoms with Crippen LogP contribution in [0.25, 0.3) is 0 Å². The first-order chi connectivity index (χ1) is 8.25. The number of halogens is 2. The van der Waals surface area contributed by atoms with Gasteiger partial charge in [-0.15, -0.1) is 0 Å². The van der Waals surface area contributed by atoms with Gasteiger partial charge in [-0.2, -0.15) is 0 Å². The molecule has 0 aliphatic carbocycles. The summed E-state index contributed by atoms with van der Waals surface area (Å²) in [4.78, 5) is 4.20. The third kappa shape index (κ3) is 3.61. The molecule has 0 atom stereocenters. The lowest BCUT2D eigenvalue weighted by molar-refractivity contribution is 0.613. The van der Waals surface area contributed by atoms with E-state index < -0.39 is 0 Å². The summed E-state index contributed by atoms with van der Waals surface area (Å²) in [7, 11) is 0. The molecule has 0 bridgehead atoms. The summed E-state index contributed by atoms with van der Waals surface area (Å²) in [5.74, 6) is -0.234. The third-order valence-electron chi connectivity index (χ3n) is 2.35. The van der Waals surface area contributed by atoms with E-state index in [-0.39, 0.29) is 5.82 Å². The molecule has 0 unspecified atom stereocenters. The molecule has 17 heavy (non-hydrogen) atoms. The Bertz CT molecular complexity index is 488. The summed E-state index contributed by atoms with van der Waals surface area (Å²) in [6, 6.07) is 10.9. The van der Waals surface area contributed by atoms with E-state index in [9.17, 15) is 4.39 Å². The van der Waals surface area contributed by atoms with Crippen molar-refractivity contribution < 1.29 is 4.39 Å². The highest BCUT2D eigenvalue weighted by atomic mass is 79.9. The molecule has 1 N–H and O–H groups in total. The van der Waals surface area contributed by atoms with Crippen molar-refractivity contribution in [3.63, 3.8) is 0 Å². The number of rotatable bonds is 4. The lowest BCUT2D eigenvalue weighted by atomic mass is 10.2. The normalized spacial score (nSPS) is 10.5. The summed E-state index contributed by atoms with van der Waals surface area (Å²) in [5.41, 5.74) is 1.90. The lowest BCUT2D eigenvalue weighted by Gasteiger charge is -2.05. The maximum atomic E-state index is 13.2. The maximum absolute atomic E-state index is 13.2. The number of hydrogen-bond acceptors (Lipinski definition) is 2. The zero-order valence-corrected chi connectivity index (χ0v) is 10.7. The van der Waals surface area contributed by atoms with E-state index in [1.807, 2.05) is 24.3 Å². The van der Waals surface area contributed by atoms with Crippen molar-refractivity contribution in [1.29, 1.82) is 0 Å². The molecule has 0 fully saturated rings. The minimum Gasteiger partial charge on any atom is -0.307 e. The first kappa shape index (κ1) is 12.2. The molecule has 88 valence electrons. The monoisotopic (exact) mass is 294 g/mol. The first-order valence-corrected chi connectivity index (χ1v) is 6.09. The second kappa shape index (κ2) is 5.89. The summed E-state index contributed by atoms with van der Waals surface area (Å²) in [5, 5.41) is 3.22.